The van der Waals surface area contributed by atoms with E-state index in [0.29, 0.717) is 29.9 Å². The number of nitrogens with zero attached hydrogens (tertiary/aromatic N) is 2. The van der Waals surface area contributed by atoms with Gasteiger partial charge in [0, 0.05) is 41.6 Å². The van der Waals surface area contributed by atoms with E-state index in [1.165, 1.54) is 0 Å². The summed E-state index contributed by atoms with van der Waals surface area (Å²) in [5, 5.41) is 9.76. The molecule has 0 bridgehead atoms. The van der Waals surface area contributed by atoms with Crippen LogP contribution in [0.3, 0.4) is 0 Å². The molecule has 0 aliphatic carbocycles. The van der Waals surface area contributed by atoms with Crippen molar-refractivity contribution >= 4 is 29.7 Å². The number of carbonyl (C=O) groups is 2. The molecular weight excluding hydrogens is 450 g/mol. The minimum absolute atomic E-state index is 0.0315. The number of ketones is 1. The highest BCUT2D eigenvalue weighted by atomic mass is 32.2. The standard InChI is InChI=1S/C26H31N3O4S/c1-3-32-24(30)16-22-14-20-8-9-21(15-23(20)33-26(22)27-2)25(31)19-6-4-18(5-7-19)17-28-29-10-12-34-13-11-29/h4-9,15,17,22,26-27H,3,10-14,16H2,1-2H3. The minimum Gasteiger partial charge on any atom is -0.475 e. The summed E-state index contributed by atoms with van der Waals surface area (Å²) in [6.45, 7) is 4.10. The van der Waals surface area contributed by atoms with Crippen LogP contribution in [-0.4, -0.2) is 67.5 Å². The lowest BCUT2D eigenvalue weighted by Crippen LogP contribution is -2.43. The summed E-state index contributed by atoms with van der Waals surface area (Å²) in [6.07, 6.45) is 2.49. The van der Waals surface area contributed by atoms with Crippen molar-refractivity contribution in [2.75, 3.05) is 38.2 Å². The zero-order valence-electron chi connectivity index (χ0n) is 19.7. The van der Waals surface area contributed by atoms with Gasteiger partial charge in [0.2, 0.25) is 0 Å². The molecule has 4 rings (SSSR count). The number of nitrogens with one attached hydrogen (secondary N) is 1. The van der Waals surface area contributed by atoms with Crippen molar-refractivity contribution < 1.29 is 19.1 Å². The smallest absolute Gasteiger partial charge is 0.306 e. The molecule has 2 atom stereocenters. The second kappa shape index (κ2) is 11.5. The molecule has 1 N–H and O–H groups in total. The average Bonchev–Trinajstić information content (AvgIpc) is 2.87. The van der Waals surface area contributed by atoms with E-state index < -0.39 is 0 Å². The van der Waals surface area contributed by atoms with Gasteiger partial charge in [-0.05, 0) is 37.6 Å². The lowest BCUT2D eigenvalue weighted by molar-refractivity contribution is -0.145. The highest BCUT2D eigenvalue weighted by Gasteiger charge is 2.31. The van der Waals surface area contributed by atoms with Gasteiger partial charge in [0.25, 0.3) is 0 Å². The van der Waals surface area contributed by atoms with Gasteiger partial charge in [-0.15, -0.1) is 0 Å². The van der Waals surface area contributed by atoms with Gasteiger partial charge in [0.1, 0.15) is 5.75 Å². The maximum absolute atomic E-state index is 13.1. The number of benzene rings is 2. The SMILES string of the molecule is CCOC(=O)CC1Cc2ccc(C(=O)c3ccc(C=NN4CCSCC4)cc3)cc2OC1NC. The number of thioether (sulfide) groups is 1. The molecule has 2 aromatic rings. The highest BCUT2D eigenvalue weighted by molar-refractivity contribution is 7.99. The van der Waals surface area contributed by atoms with E-state index >= 15 is 0 Å². The van der Waals surface area contributed by atoms with Crippen molar-refractivity contribution in [3.8, 4) is 5.75 Å². The summed E-state index contributed by atoms with van der Waals surface area (Å²) < 4.78 is 11.2. The van der Waals surface area contributed by atoms with Crippen LogP contribution in [0.2, 0.25) is 0 Å². The Balaban J connectivity index is 1.43. The largest absolute Gasteiger partial charge is 0.475 e. The molecule has 0 aromatic heterocycles. The van der Waals surface area contributed by atoms with Gasteiger partial charge >= 0.3 is 5.97 Å². The van der Waals surface area contributed by atoms with Crippen LogP contribution in [0.1, 0.15) is 40.4 Å². The molecule has 7 nitrogen and oxygen atoms in total. The summed E-state index contributed by atoms with van der Waals surface area (Å²) in [5.74, 6) is 2.57. The molecule has 2 aliphatic rings. The monoisotopic (exact) mass is 481 g/mol. The van der Waals surface area contributed by atoms with Crippen LogP contribution in [0.4, 0.5) is 0 Å². The molecule has 34 heavy (non-hydrogen) atoms. The van der Waals surface area contributed by atoms with Crippen LogP contribution in [-0.2, 0) is 16.0 Å². The number of hydrogen-bond donors (Lipinski definition) is 1. The van der Waals surface area contributed by atoms with E-state index in [2.05, 4.69) is 15.4 Å². The molecule has 0 saturated carbocycles. The fourth-order valence-electron chi connectivity index (χ4n) is 4.21. The lowest BCUT2D eigenvalue weighted by Gasteiger charge is -2.33. The maximum Gasteiger partial charge on any atom is 0.306 e. The third-order valence-corrected chi connectivity index (χ3v) is 6.99. The lowest BCUT2D eigenvalue weighted by atomic mass is 9.90. The van der Waals surface area contributed by atoms with Crippen LogP contribution in [0.15, 0.2) is 47.6 Å². The van der Waals surface area contributed by atoms with E-state index in [-0.39, 0.29) is 30.3 Å². The normalized spacial score (nSPS) is 20.0. The molecule has 1 saturated heterocycles. The number of rotatable bonds is 8. The van der Waals surface area contributed by atoms with Crippen molar-refractivity contribution in [3.63, 3.8) is 0 Å². The predicted octanol–water partition coefficient (Wildman–Crippen LogP) is 3.35. The second-order valence-electron chi connectivity index (χ2n) is 8.38. The highest BCUT2D eigenvalue weighted by Crippen LogP contribution is 2.33. The quantitative estimate of drug-likeness (QED) is 0.352. The van der Waals surface area contributed by atoms with E-state index in [1.807, 2.05) is 54.4 Å². The molecule has 0 spiro atoms. The van der Waals surface area contributed by atoms with Gasteiger partial charge in [0.05, 0.1) is 19.2 Å². The van der Waals surface area contributed by atoms with Crippen molar-refractivity contribution in [2.45, 2.75) is 26.0 Å². The first-order valence-electron chi connectivity index (χ1n) is 11.7. The summed E-state index contributed by atoms with van der Waals surface area (Å²) in [6, 6.07) is 13.1. The van der Waals surface area contributed by atoms with Crippen LogP contribution in [0, 0.1) is 5.92 Å². The molecule has 1 fully saturated rings. The average molecular weight is 482 g/mol. The molecular formula is C26H31N3O4S. The summed E-state index contributed by atoms with van der Waals surface area (Å²) in [4.78, 5) is 25.1. The van der Waals surface area contributed by atoms with E-state index in [1.54, 1.807) is 20.0 Å². The predicted molar refractivity (Wildman–Crippen MR) is 135 cm³/mol. The fraction of sp³-hybridized carbons (Fsp3) is 0.423. The number of esters is 1. The van der Waals surface area contributed by atoms with Crippen molar-refractivity contribution in [2.24, 2.45) is 11.0 Å². The zero-order chi connectivity index (χ0) is 23.9. The molecule has 2 unspecified atom stereocenters. The van der Waals surface area contributed by atoms with Crippen LogP contribution < -0.4 is 10.1 Å². The van der Waals surface area contributed by atoms with E-state index in [0.717, 1.165) is 35.7 Å². The molecule has 180 valence electrons. The van der Waals surface area contributed by atoms with Crippen LogP contribution in [0.5, 0.6) is 5.75 Å². The molecule has 0 amide bonds. The Hall–Kier alpha value is -2.84. The number of fused-ring (bicyclic) bond motifs is 1. The Kier molecular flexibility index (Phi) is 8.24. The Morgan fingerprint density at radius 3 is 2.62 bits per heavy atom. The van der Waals surface area contributed by atoms with Gasteiger partial charge in [0.15, 0.2) is 12.0 Å². The summed E-state index contributed by atoms with van der Waals surface area (Å²) in [7, 11) is 1.80. The van der Waals surface area contributed by atoms with E-state index in [4.69, 9.17) is 9.47 Å². The first kappa shape index (κ1) is 24.3. The number of carbonyl (C=O) groups excluding carboxylic acids is 2. The second-order valence-corrected chi connectivity index (χ2v) is 9.61. The Morgan fingerprint density at radius 1 is 1.18 bits per heavy atom. The maximum atomic E-state index is 13.1. The third-order valence-electron chi connectivity index (χ3n) is 6.04. The Bertz CT molecular complexity index is 1030. The molecule has 8 heteroatoms. The van der Waals surface area contributed by atoms with Gasteiger partial charge in [-0.2, -0.15) is 16.9 Å². The van der Waals surface area contributed by atoms with E-state index in [9.17, 15) is 9.59 Å². The summed E-state index contributed by atoms with van der Waals surface area (Å²) in [5.41, 5.74) is 3.14. The minimum atomic E-state index is -0.320. The Morgan fingerprint density at radius 2 is 1.91 bits per heavy atom. The van der Waals surface area contributed by atoms with Gasteiger partial charge in [-0.3, -0.25) is 19.9 Å². The van der Waals surface area contributed by atoms with Gasteiger partial charge in [-0.1, -0.05) is 36.4 Å². The first-order chi connectivity index (χ1) is 16.6. The van der Waals surface area contributed by atoms with Gasteiger partial charge in [-0.25, -0.2) is 0 Å². The number of ether oxygens (including phenoxy) is 2. The third kappa shape index (κ3) is 5.98. The Labute approximate surface area is 204 Å². The molecule has 2 heterocycles. The van der Waals surface area contributed by atoms with Crippen LogP contribution in [0.25, 0.3) is 0 Å². The number of hydrogen-bond acceptors (Lipinski definition) is 8. The topological polar surface area (TPSA) is 80.2 Å². The van der Waals surface area contributed by atoms with Crippen molar-refractivity contribution in [3.05, 3.63) is 64.7 Å². The zero-order valence-corrected chi connectivity index (χ0v) is 20.5. The summed E-state index contributed by atoms with van der Waals surface area (Å²) >= 11 is 1.95. The van der Waals surface area contributed by atoms with Crippen LogP contribution >= 0.6 is 11.8 Å². The molecule has 0 radical (unpaired) electrons. The van der Waals surface area contributed by atoms with Gasteiger partial charge < -0.3 is 9.47 Å². The fourth-order valence-corrected chi connectivity index (χ4v) is 5.09. The molecule has 2 aliphatic heterocycles. The van der Waals surface area contributed by atoms with Crippen molar-refractivity contribution in [1.82, 2.24) is 10.3 Å². The first-order valence-corrected chi connectivity index (χ1v) is 12.9. The molecule has 2 aromatic carbocycles. The van der Waals surface area contributed by atoms with Crippen molar-refractivity contribution in [1.29, 1.82) is 0 Å². The number of hydrazone groups is 1.